The molecule has 2 unspecified atom stereocenters. The van der Waals surface area contributed by atoms with Crippen LogP contribution in [0.5, 0.6) is 0 Å². The number of para-hydroxylation sites is 2. The molecule has 2 N–H and O–H groups in total. The van der Waals surface area contributed by atoms with Crippen LogP contribution in [0.1, 0.15) is 32.3 Å². The van der Waals surface area contributed by atoms with Crippen molar-refractivity contribution in [3.8, 4) is 11.1 Å². The quantitative estimate of drug-likeness (QED) is 0.157. The van der Waals surface area contributed by atoms with E-state index in [1.54, 1.807) is 12.1 Å². The van der Waals surface area contributed by atoms with Crippen molar-refractivity contribution in [3.63, 3.8) is 0 Å². The molecule has 1 aliphatic carbocycles. The second-order valence-corrected chi connectivity index (χ2v) is 11.9. The van der Waals surface area contributed by atoms with Gasteiger partial charge in [-0.25, -0.2) is 0 Å². The Hall–Kier alpha value is -4.58. The molecule has 43 heavy (non-hydrogen) atoms. The van der Waals surface area contributed by atoms with Crippen LogP contribution in [0.25, 0.3) is 33.1 Å². The number of hydrogen-bond acceptors (Lipinski definition) is 4. The van der Waals surface area contributed by atoms with Gasteiger partial charge in [-0.3, -0.25) is 0 Å². The third kappa shape index (κ3) is 4.85. The number of anilines is 3. The van der Waals surface area contributed by atoms with Crippen LogP contribution in [0, 0.1) is 5.92 Å². The summed E-state index contributed by atoms with van der Waals surface area (Å²) in [4.78, 5) is 2.20. The van der Waals surface area contributed by atoms with Gasteiger partial charge < -0.3 is 19.4 Å². The fourth-order valence-electron chi connectivity index (χ4n) is 6.49. The van der Waals surface area contributed by atoms with E-state index in [4.69, 9.17) is 4.42 Å². The molecule has 1 aromatic heterocycles. The standard InChI is InChI=1S/C38H34BNO3/c1-26-8-5-6-25-38(26,2)28-15-21-31(22-16-28)40(32-23-17-29(18-24-32)39(41)42)30-19-13-27(14-20-30)33-10-7-11-35-34-9-3-4-12-36(34)43-37(33)35/h3-7,9-24,26,41-42H,8,25H2,1-2H3. The Labute approximate surface area is 252 Å². The maximum Gasteiger partial charge on any atom is 0.488 e. The first-order valence-electron chi connectivity index (χ1n) is 14.9. The largest absolute Gasteiger partial charge is 0.488 e. The first kappa shape index (κ1) is 27.3. The van der Waals surface area contributed by atoms with Crippen molar-refractivity contribution in [3.05, 3.63) is 133 Å². The van der Waals surface area contributed by atoms with Gasteiger partial charge >= 0.3 is 7.12 Å². The van der Waals surface area contributed by atoms with E-state index in [-0.39, 0.29) is 5.41 Å². The van der Waals surface area contributed by atoms with Crippen LogP contribution in [-0.4, -0.2) is 17.2 Å². The molecule has 7 rings (SSSR count). The molecule has 0 saturated heterocycles. The van der Waals surface area contributed by atoms with Crippen LogP contribution in [0.15, 0.2) is 132 Å². The SMILES string of the molecule is CC1CC=CCC1(C)c1ccc(N(c2ccc(B(O)O)cc2)c2ccc(-c3cccc4c3oc3ccccc34)cc2)cc1. The molecule has 0 aliphatic heterocycles. The van der Waals surface area contributed by atoms with Crippen molar-refractivity contribution in [2.45, 2.75) is 32.1 Å². The smallest absolute Gasteiger partial charge is 0.455 e. The minimum Gasteiger partial charge on any atom is -0.455 e. The van der Waals surface area contributed by atoms with E-state index in [9.17, 15) is 10.0 Å². The van der Waals surface area contributed by atoms with E-state index in [2.05, 4.69) is 104 Å². The maximum atomic E-state index is 9.68. The summed E-state index contributed by atoms with van der Waals surface area (Å²) in [5.74, 6) is 0.570. The van der Waals surface area contributed by atoms with E-state index < -0.39 is 7.12 Å². The molecule has 1 aliphatic rings. The summed E-state index contributed by atoms with van der Waals surface area (Å²) in [5, 5.41) is 21.6. The summed E-state index contributed by atoms with van der Waals surface area (Å²) in [6.45, 7) is 4.71. The average molecular weight is 564 g/mol. The number of fused-ring (bicyclic) bond motifs is 3. The first-order valence-corrected chi connectivity index (χ1v) is 14.9. The van der Waals surface area contributed by atoms with Gasteiger partial charge in [-0.15, -0.1) is 0 Å². The lowest BCUT2D eigenvalue weighted by Crippen LogP contribution is -2.31. The van der Waals surface area contributed by atoms with E-state index in [1.165, 1.54) is 5.56 Å². The predicted molar refractivity (Wildman–Crippen MR) is 179 cm³/mol. The molecule has 0 bridgehead atoms. The number of allylic oxidation sites excluding steroid dienone is 2. The minimum atomic E-state index is -1.51. The van der Waals surface area contributed by atoms with E-state index in [0.717, 1.165) is 63.0 Å². The van der Waals surface area contributed by atoms with Crippen LogP contribution in [0.2, 0.25) is 0 Å². The summed E-state index contributed by atoms with van der Waals surface area (Å²) < 4.78 is 6.31. The van der Waals surface area contributed by atoms with Gasteiger partial charge in [-0.1, -0.05) is 98.8 Å². The van der Waals surface area contributed by atoms with Gasteiger partial charge in [-0.2, -0.15) is 0 Å². The maximum absolute atomic E-state index is 9.68. The average Bonchev–Trinajstić information content (AvgIpc) is 3.43. The summed E-state index contributed by atoms with van der Waals surface area (Å²) in [7, 11) is -1.51. The van der Waals surface area contributed by atoms with Gasteiger partial charge in [0.2, 0.25) is 0 Å². The molecule has 0 fully saturated rings. The third-order valence-electron chi connectivity index (χ3n) is 9.36. The summed E-state index contributed by atoms with van der Waals surface area (Å²) >= 11 is 0. The normalized spacial score (nSPS) is 18.3. The Morgan fingerprint density at radius 3 is 2.02 bits per heavy atom. The molecule has 0 radical (unpaired) electrons. The molecule has 2 atom stereocenters. The lowest BCUT2D eigenvalue weighted by atomic mass is 9.67. The highest BCUT2D eigenvalue weighted by atomic mass is 16.4. The molecule has 0 spiro atoms. The molecule has 5 heteroatoms. The Morgan fingerprint density at radius 1 is 0.721 bits per heavy atom. The van der Waals surface area contributed by atoms with Gasteiger partial charge in [-0.05, 0) is 83.2 Å². The zero-order valence-electron chi connectivity index (χ0n) is 24.4. The fraction of sp³-hybridized carbons (Fsp3) is 0.158. The van der Waals surface area contributed by atoms with Crippen LogP contribution >= 0.6 is 0 Å². The number of furan rings is 1. The molecule has 5 aromatic carbocycles. The van der Waals surface area contributed by atoms with Crippen LogP contribution in [-0.2, 0) is 5.41 Å². The van der Waals surface area contributed by atoms with Crippen LogP contribution < -0.4 is 10.4 Å². The molecular weight excluding hydrogens is 529 g/mol. The monoisotopic (exact) mass is 563 g/mol. The Bertz CT molecular complexity index is 1920. The van der Waals surface area contributed by atoms with Crippen molar-refractivity contribution in [1.82, 2.24) is 0 Å². The van der Waals surface area contributed by atoms with Crippen molar-refractivity contribution in [1.29, 1.82) is 0 Å². The topological polar surface area (TPSA) is 56.8 Å². The van der Waals surface area contributed by atoms with Gasteiger partial charge in [0.1, 0.15) is 11.2 Å². The van der Waals surface area contributed by atoms with Gasteiger partial charge in [0.05, 0.1) is 0 Å². The molecule has 4 nitrogen and oxygen atoms in total. The zero-order valence-corrected chi connectivity index (χ0v) is 24.4. The second-order valence-electron chi connectivity index (χ2n) is 11.9. The summed E-state index contributed by atoms with van der Waals surface area (Å²) in [6, 6.07) is 39.3. The second kappa shape index (κ2) is 10.9. The number of hydrogen-bond donors (Lipinski definition) is 2. The Balaban J connectivity index is 1.28. The molecule has 0 amide bonds. The highest BCUT2D eigenvalue weighted by Crippen LogP contribution is 2.43. The first-order chi connectivity index (χ1) is 20.9. The van der Waals surface area contributed by atoms with Crippen LogP contribution in [0.4, 0.5) is 17.1 Å². The van der Waals surface area contributed by atoms with Gasteiger partial charge in [0.25, 0.3) is 0 Å². The summed E-state index contributed by atoms with van der Waals surface area (Å²) in [6.07, 6.45) is 6.75. The van der Waals surface area contributed by atoms with Crippen molar-refractivity contribution in [2.24, 2.45) is 5.92 Å². The summed E-state index contributed by atoms with van der Waals surface area (Å²) in [5.41, 5.74) is 8.81. The van der Waals surface area contributed by atoms with Crippen molar-refractivity contribution >= 4 is 51.6 Å². The third-order valence-corrected chi connectivity index (χ3v) is 9.36. The fourth-order valence-corrected chi connectivity index (χ4v) is 6.49. The number of rotatable bonds is 6. The minimum absolute atomic E-state index is 0.107. The highest BCUT2D eigenvalue weighted by molar-refractivity contribution is 6.58. The lowest BCUT2D eigenvalue weighted by molar-refractivity contribution is 0.306. The van der Waals surface area contributed by atoms with Crippen molar-refractivity contribution in [2.75, 3.05) is 4.90 Å². The Morgan fingerprint density at radius 2 is 1.35 bits per heavy atom. The predicted octanol–water partition coefficient (Wildman–Crippen LogP) is 8.65. The zero-order chi connectivity index (χ0) is 29.6. The molecular formula is C38H34BNO3. The number of benzene rings is 5. The molecule has 0 saturated carbocycles. The highest BCUT2D eigenvalue weighted by Gasteiger charge is 2.33. The van der Waals surface area contributed by atoms with Crippen molar-refractivity contribution < 1.29 is 14.5 Å². The molecule has 212 valence electrons. The van der Waals surface area contributed by atoms with E-state index >= 15 is 0 Å². The van der Waals surface area contributed by atoms with Gasteiger partial charge in [0, 0.05) is 33.4 Å². The molecule has 1 heterocycles. The van der Waals surface area contributed by atoms with Crippen LogP contribution in [0.3, 0.4) is 0 Å². The van der Waals surface area contributed by atoms with E-state index in [0.29, 0.717) is 11.4 Å². The van der Waals surface area contributed by atoms with Gasteiger partial charge in [0.15, 0.2) is 0 Å². The molecule has 6 aromatic rings. The number of nitrogens with zero attached hydrogens (tertiary/aromatic N) is 1. The lowest BCUT2D eigenvalue weighted by Gasteiger charge is -2.38. The van der Waals surface area contributed by atoms with E-state index in [1.807, 2.05) is 30.3 Å². The Kier molecular flexibility index (Phi) is 6.93.